The van der Waals surface area contributed by atoms with Crippen LogP contribution in [0.3, 0.4) is 0 Å². The topological polar surface area (TPSA) is 59.6 Å². The monoisotopic (exact) mass is 284 g/mol. The Kier molecular flexibility index (Phi) is 5.37. The fourth-order valence-corrected chi connectivity index (χ4v) is 1.95. The molecule has 0 fully saturated rings. The largest absolute Gasteiger partial charge is 0.493 e. The molecule has 0 spiro atoms. The lowest BCUT2D eigenvalue weighted by atomic mass is 9.79. The van der Waals surface area contributed by atoms with Crippen LogP contribution in [0.25, 0.3) is 0 Å². The molecule has 0 bridgehead atoms. The predicted octanol–water partition coefficient (Wildman–Crippen LogP) is 2.32. The van der Waals surface area contributed by atoms with Crippen LogP contribution in [0.5, 0.6) is 0 Å². The second kappa shape index (κ2) is 7.47. The molecule has 0 saturated carbocycles. The lowest BCUT2D eigenvalue weighted by Gasteiger charge is -2.11. The average Bonchev–Trinajstić information content (AvgIpc) is 2.50. The van der Waals surface area contributed by atoms with Gasteiger partial charge in [-0.2, -0.15) is 0 Å². The minimum absolute atomic E-state index is 0.301. The van der Waals surface area contributed by atoms with Crippen molar-refractivity contribution in [3.8, 4) is 0 Å². The van der Waals surface area contributed by atoms with Crippen molar-refractivity contribution in [2.24, 2.45) is 0 Å². The minimum Gasteiger partial charge on any atom is -0.410 e. The van der Waals surface area contributed by atoms with Gasteiger partial charge in [-0.05, 0) is 29.7 Å². The summed E-state index contributed by atoms with van der Waals surface area (Å²) >= 11 is 0. The number of nitrogens with one attached hydrogen (secondary N) is 2. The first kappa shape index (κ1) is 15.1. The Labute approximate surface area is 124 Å². The van der Waals surface area contributed by atoms with Gasteiger partial charge in [0.25, 0.3) is 0 Å². The third-order valence-corrected chi connectivity index (χ3v) is 2.88. The van der Waals surface area contributed by atoms with Gasteiger partial charge in [-0.1, -0.05) is 30.3 Å². The molecule has 0 atom stereocenters. The second-order valence-electron chi connectivity index (χ2n) is 4.37. The molecule has 0 aliphatic rings. The van der Waals surface area contributed by atoms with Crippen LogP contribution in [0.1, 0.15) is 0 Å². The molecule has 21 heavy (non-hydrogen) atoms. The van der Waals surface area contributed by atoms with Crippen LogP contribution in [0.15, 0.2) is 54.6 Å². The molecule has 0 aromatic heterocycles. The molecule has 2 aromatic carbocycles. The van der Waals surface area contributed by atoms with E-state index in [1.165, 1.54) is 0 Å². The Balaban J connectivity index is 2.02. The zero-order valence-electron chi connectivity index (χ0n) is 12.0. The number of hydrogen-bond donors (Lipinski definition) is 2. The lowest BCUT2D eigenvalue weighted by Crippen LogP contribution is -2.35. The predicted molar refractivity (Wildman–Crippen MR) is 84.9 cm³/mol. The number of amides is 2. The number of carbonyl (C=O) groups excluding carboxylic acids is 1. The molecule has 0 aliphatic heterocycles. The summed E-state index contributed by atoms with van der Waals surface area (Å²) in [4.78, 5) is 11.9. The average molecular weight is 284 g/mol. The van der Waals surface area contributed by atoms with Crippen molar-refractivity contribution in [1.29, 1.82) is 0 Å². The molecule has 0 heterocycles. The van der Waals surface area contributed by atoms with Crippen molar-refractivity contribution in [3.05, 3.63) is 54.6 Å². The molecule has 0 aliphatic carbocycles. The van der Waals surface area contributed by atoms with E-state index in [4.69, 9.17) is 9.31 Å². The second-order valence-corrected chi connectivity index (χ2v) is 4.37. The quantitative estimate of drug-likeness (QED) is 0.828. The molecule has 5 nitrogen and oxygen atoms in total. The number of carbonyl (C=O) groups is 1. The van der Waals surface area contributed by atoms with E-state index in [0.29, 0.717) is 5.69 Å². The van der Waals surface area contributed by atoms with E-state index in [1.54, 1.807) is 20.3 Å². The van der Waals surface area contributed by atoms with Gasteiger partial charge >= 0.3 is 13.1 Å². The minimum atomic E-state index is -0.455. The Hall–Kier alpha value is -2.31. The van der Waals surface area contributed by atoms with Gasteiger partial charge in [0.05, 0.1) is 0 Å². The Morgan fingerprint density at radius 2 is 1.52 bits per heavy atom. The highest BCUT2D eigenvalue weighted by Crippen LogP contribution is 2.08. The first-order chi connectivity index (χ1) is 10.2. The van der Waals surface area contributed by atoms with Crippen molar-refractivity contribution in [3.63, 3.8) is 0 Å². The van der Waals surface area contributed by atoms with Crippen LogP contribution >= 0.6 is 0 Å². The number of urea groups is 1. The van der Waals surface area contributed by atoms with E-state index in [1.807, 2.05) is 48.5 Å². The summed E-state index contributed by atoms with van der Waals surface area (Å²) in [7, 11) is 2.68. The van der Waals surface area contributed by atoms with Crippen molar-refractivity contribution in [1.82, 2.24) is 0 Å². The molecule has 108 valence electrons. The molecular weight excluding hydrogens is 267 g/mol. The van der Waals surface area contributed by atoms with E-state index in [0.717, 1.165) is 11.2 Å². The van der Waals surface area contributed by atoms with E-state index in [-0.39, 0.29) is 6.03 Å². The van der Waals surface area contributed by atoms with Gasteiger partial charge in [0.1, 0.15) is 0 Å². The van der Waals surface area contributed by atoms with Crippen LogP contribution in [-0.4, -0.2) is 27.4 Å². The molecule has 2 amide bonds. The van der Waals surface area contributed by atoms with Crippen LogP contribution in [0.2, 0.25) is 0 Å². The molecule has 0 radical (unpaired) electrons. The zero-order chi connectivity index (χ0) is 15.1. The van der Waals surface area contributed by atoms with E-state index >= 15 is 0 Å². The first-order valence-electron chi connectivity index (χ1n) is 6.51. The van der Waals surface area contributed by atoms with Gasteiger partial charge in [0, 0.05) is 25.6 Å². The van der Waals surface area contributed by atoms with Crippen LogP contribution in [-0.2, 0) is 9.31 Å². The first-order valence-corrected chi connectivity index (χ1v) is 6.51. The summed E-state index contributed by atoms with van der Waals surface area (Å²) in [6.45, 7) is 0. The smallest absolute Gasteiger partial charge is 0.410 e. The highest BCUT2D eigenvalue weighted by molar-refractivity contribution is 6.61. The highest BCUT2D eigenvalue weighted by Gasteiger charge is 2.18. The van der Waals surface area contributed by atoms with Crippen molar-refractivity contribution in [2.75, 3.05) is 24.9 Å². The van der Waals surface area contributed by atoms with Crippen molar-refractivity contribution < 1.29 is 14.1 Å². The molecule has 0 unspecified atom stereocenters. The van der Waals surface area contributed by atoms with Gasteiger partial charge < -0.3 is 19.9 Å². The molecule has 6 heteroatoms. The van der Waals surface area contributed by atoms with Crippen LogP contribution in [0, 0.1) is 0 Å². The standard InChI is InChI=1S/C15H17BN2O3/c1-20-16(21-2)12-7-6-10-14(11-12)18-15(19)17-13-8-4-3-5-9-13/h3-11H,1-2H3,(H2,17,18,19). The van der Waals surface area contributed by atoms with Gasteiger partial charge in [0.2, 0.25) is 0 Å². The normalized spacial score (nSPS) is 10.0. The van der Waals surface area contributed by atoms with Gasteiger partial charge in [-0.3, -0.25) is 0 Å². The summed E-state index contributed by atoms with van der Waals surface area (Å²) in [5.41, 5.74) is 2.23. The summed E-state index contributed by atoms with van der Waals surface area (Å²) in [6, 6.07) is 16.3. The Bertz CT molecular complexity index is 588. The highest BCUT2D eigenvalue weighted by atomic mass is 16.6. The molecule has 0 saturated heterocycles. The van der Waals surface area contributed by atoms with E-state index in [9.17, 15) is 4.79 Å². The summed E-state index contributed by atoms with van der Waals surface area (Å²) in [5.74, 6) is 0. The molecular formula is C15H17BN2O3. The summed E-state index contributed by atoms with van der Waals surface area (Å²) in [5, 5.41) is 5.53. The molecule has 2 aromatic rings. The number of benzene rings is 2. The maximum absolute atomic E-state index is 11.9. The SMILES string of the molecule is COB(OC)c1cccc(NC(=O)Nc2ccccc2)c1. The van der Waals surface area contributed by atoms with Gasteiger partial charge in [-0.25, -0.2) is 4.79 Å². The Morgan fingerprint density at radius 3 is 2.19 bits per heavy atom. The lowest BCUT2D eigenvalue weighted by molar-refractivity contribution is 0.262. The van der Waals surface area contributed by atoms with Crippen LogP contribution < -0.4 is 16.1 Å². The summed E-state index contributed by atoms with van der Waals surface area (Å²) < 4.78 is 10.4. The number of anilines is 2. The van der Waals surface area contributed by atoms with Crippen molar-refractivity contribution >= 4 is 30.0 Å². The van der Waals surface area contributed by atoms with Crippen LogP contribution in [0.4, 0.5) is 16.2 Å². The van der Waals surface area contributed by atoms with Crippen molar-refractivity contribution in [2.45, 2.75) is 0 Å². The maximum Gasteiger partial charge on any atom is 0.493 e. The maximum atomic E-state index is 11.9. The third-order valence-electron chi connectivity index (χ3n) is 2.88. The van der Waals surface area contributed by atoms with E-state index < -0.39 is 7.12 Å². The third kappa shape index (κ3) is 4.34. The van der Waals surface area contributed by atoms with Gasteiger partial charge in [0.15, 0.2) is 0 Å². The number of rotatable bonds is 5. The fourth-order valence-electron chi connectivity index (χ4n) is 1.95. The fraction of sp³-hybridized carbons (Fsp3) is 0.133. The Morgan fingerprint density at radius 1 is 0.905 bits per heavy atom. The summed E-state index contributed by atoms with van der Waals surface area (Å²) in [6.07, 6.45) is 0. The molecule has 2 N–H and O–H groups in total. The number of para-hydroxylation sites is 1. The molecule has 2 rings (SSSR count). The number of hydrogen-bond acceptors (Lipinski definition) is 3. The zero-order valence-corrected chi connectivity index (χ0v) is 12.0. The van der Waals surface area contributed by atoms with Gasteiger partial charge in [-0.15, -0.1) is 0 Å². The van der Waals surface area contributed by atoms with E-state index in [2.05, 4.69) is 10.6 Å².